The largest absolute Gasteiger partial charge is 0.481 e. The summed E-state index contributed by atoms with van der Waals surface area (Å²) in [6.07, 6.45) is 0.173. The Morgan fingerprint density at radius 2 is 1.81 bits per heavy atom. The number of alkyl halides is 2. The van der Waals surface area contributed by atoms with Gasteiger partial charge in [0, 0.05) is 24.9 Å². The second-order valence-corrected chi connectivity index (χ2v) is 6.06. The molecule has 1 saturated carbocycles. The first-order valence-electron chi connectivity index (χ1n) is 7.32. The normalized spacial score (nSPS) is 23.7. The van der Waals surface area contributed by atoms with E-state index in [2.05, 4.69) is 0 Å². The van der Waals surface area contributed by atoms with E-state index in [0.717, 1.165) is 0 Å². The van der Waals surface area contributed by atoms with Gasteiger partial charge in [-0.05, 0) is 31.9 Å². The molecule has 1 atom stereocenters. The van der Waals surface area contributed by atoms with Crippen LogP contribution in [0.25, 0.3) is 0 Å². The van der Waals surface area contributed by atoms with Gasteiger partial charge in [-0.25, -0.2) is 8.78 Å². The maximum absolute atomic E-state index is 13.3. The summed E-state index contributed by atoms with van der Waals surface area (Å²) in [6.45, 7) is 2.50. The summed E-state index contributed by atoms with van der Waals surface area (Å²) in [5.74, 6) is -2.01. The number of para-hydroxylation sites is 1. The number of nitrogens with zero attached hydrogens (tertiary/aromatic N) is 1. The molecule has 1 amide bonds. The van der Waals surface area contributed by atoms with Crippen LogP contribution in [0.15, 0.2) is 30.3 Å². The zero-order valence-corrected chi connectivity index (χ0v) is 12.0. The highest BCUT2D eigenvalue weighted by Crippen LogP contribution is 2.65. The molecule has 1 aliphatic carbocycles. The number of hydrogen-bond donors (Lipinski definition) is 0. The lowest BCUT2D eigenvalue weighted by Gasteiger charge is -2.33. The monoisotopic (exact) mass is 295 g/mol. The smallest absolute Gasteiger partial charge is 0.263 e. The van der Waals surface area contributed by atoms with Crippen molar-refractivity contribution in [1.29, 1.82) is 0 Å². The summed E-state index contributed by atoms with van der Waals surface area (Å²) in [6, 6.07) is 9.14. The molecule has 1 saturated heterocycles. The minimum atomic E-state index is -2.52. The lowest BCUT2D eigenvalue weighted by molar-refractivity contribution is -0.140. The summed E-state index contributed by atoms with van der Waals surface area (Å²) >= 11 is 0. The van der Waals surface area contributed by atoms with Crippen LogP contribution in [0, 0.1) is 5.41 Å². The van der Waals surface area contributed by atoms with Crippen molar-refractivity contribution in [1.82, 2.24) is 4.90 Å². The van der Waals surface area contributed by atoms with E-state index in [9.17, 15) is 13.6 Å². The van der Waals surface area contributed by atoms with Crippen molar-refractivity contribution < 1.29 is 18.3 Å². The van der Waals surface area contributed by atoms with Crippen LogP contribution in [0.2, 0.25) is 0 Å². The van der Waals surface area contributed by atoms with Gasteiger partial charge in [0.05, 0.1) is 0 Å². The number of carbonyl (C=O) groups is 1. The molecule has 1 aromatic rings. The van der Waals surface area contributed by atoms with Gasteiger partial charge in [0.2, 0.25) is 0 Å². The van der Waals surface area contributed by atoms with Crippen LogP contribution in [0.3, 0.4) is 0 Å². The third kappa shape index (κ3) is 2.61. The number of carbonyl (C=O) groups excluding carboxylic acids is 1. The number of benzene rings is 1. The molecule has 3 rings (SSSR count). The van der Waals surface area contributed by atoms with Crippen LogP contribution in [-0.2, 0) is 4.79 Å². The van der Waals surface area contributed by atoms with Crippen LogP contribution in [0.4, 0.5) is 8.78 Å². The van der Waals surface area contributed by atoms with Crippen molar-refractivity contribution in [2.24, 2.45) is 5.41 Å². The molecule has 0 radical (unpaired) electrons. The molecule has 2 aliphatic rings. The van der Waals surface area contributed by atoms with Crippen LogP contribution in [-0.4, -0.2) is 35.9 Å². The van der Waals surface area contributed by atoms with Crippen LogP contribution >= 0.6 is 0 Å². The molecule has 1 aliphatic heterocycles. The van der Waals surface area contributed by atoms with E-state index < -0.39 is 17.4 Å². The van der Waals surface area contributed by atoms with Gasteiger partial charge in [-0.15, -0.1) is 0 Å². The number of halogens is 2. The second kappa shape index (κ2) is 4.97. The first kappa shape index (κ1) is 14.3. The Morgan fingerprint density at radius 1 is 1.24 bits per heavy atom. The van der Waals surface area contributed by atoms with Gasteiger partial charge in [0.25, 0.3) is 11.8 Å². The number of likely N-dealkylation sites (tertiary alicyclic amines) is 1. The van der Waals surface area contributed by atoms with Crippen molar-refractivity contribution in [3.63, 3.8) is 0 Å². The van der Waals surface area contributed by atoms with Crippen molar-refractivity contribution in [2.75, 3.05) is 13.1 Å². The fourth-order valence-corrected chi connectivity index (χ4v) is 3.09. The summed E-state index contributed by atoms with van der Waals surface area (Å²) in [7, 11) is 0. The minimum absolute atomic E-state index is 0.0158. The Bertz CT molecular complexity index is 524. The first-order valence-corrected chi connectivity index (χ1v) is 7.32. The highest BCUT2D eigenvalue weighted by Gasteiger charge is 2.70. The van der Waals surface area contributed by atoms with Crippen molar-refractivity contribution >= 4 is 5.91 Å². The van der Waals surface area contributed by atoms with Gasteiger partial charge in [-0.2, -0.15) is 0 Å². The second-order valence-electron chi connectivity index (χ2n) is 6.06. The molecule has 0 bridgehead atoms. The average Bonchev–Trinajstić information content (AvgIpc) is 3.00. The maximum atomic E-state index is 13.3. The third-order valence-electron chi connectivity index (χ3n) is 4.65. The van der Waals surface area contributed by atoms with Gasteiger partial charge in [0.1, 0.15) is 5.75 Å². The quantitative estimate of drug-likeness (QED) is 0.857. The van der Waals surface area contributed by atoms with E-state index in [1.807, 2.05) is 18.2 Å². The topological polar surface area (TPSA) is 29.5 Å². The predicted octanol–water partition coefficient (Wildman–Crippen LogP) is 3.10. The van der Waals surface area contributed by atoms with Gasteiger partial charge in [0.15, 0.2) is 6.10 Å². The van der Waals surface area contributed by atoms with Crippen molar-refractivity contribution in [3.05, 3.63) is 30.3 Å². The molecular weight excluding hydrogens is 276 g/mol. The molecule has 0 N–H and O–H groups in total. The Labute approximate surface area is 122 Å². The molecule has 0 unspecified atom stereocenters. The highest BCUT2D eigenvalue weighted by molar-refractivity contribution is 5.81. The van der Waals surface area contributed by atoms with Crippen LogP contribution in [0.1, 0.15) is 26.2 Å². The van der Waals surface area contributed by atoms with Gasteiger partial charge < -0.3 is 9.64 Å². The molecule has 0 aromatic heterocycles. The lowest BCUT2D eigenvalue weighted by atomic mass is 9.92. The predicted molar refractivity (Wildman–Crippen MR) is 74.3 cm³/mol. The number of hydrogen-bond acceptors (Lipinski definition) is 2. The minimum Gasteiger partial charge on any atom is -0.481 e. The molecule has 1 heterocycles. The number of amides is 1. The first-order chi connectivity index (χ1) is 9.94. The number of piperidine rings is 1. The summed E-state index contributed by atoms with van der Waals surface area (Å²) in [4.78, 5) is 14.0. The Morgan fingerprint density at radius 3 is 2.33 bits per heavy atom. The van der Waals surface area contributed by atoms with Gasteiger partial charge >= 0.3 is 0 Å². The number of rotatable bonds is 3. The molecule has 1 spiro atoms. The fourth-order valence-electron chi connectivity index (χ4n) is 3.09. The summed E-state index contributed by atoms with van der Waals surface area (Å²) in [5, 5.41) is 0. The molecular formula is C16H19F2NO2. The van der Waals surface area contributed by atoms with E-state index in [0.29, 0.717) is 31.7 Å². The summed E-state index contributed by atoms with van der Waals surface area (Å²) < 4.78 is 32.2. The van der Waals surface area contributed by atoms with Gasteiger partial charge in [-0.1, -0.05) is 18.2 Å². The highest BCUT2D eigenvalue weighted by atomic mass is 19.3. The van der Waals surface area contributed by atoms with E-state index in [4.69, 9.17) is 4.74 Å². The van der Waals surface area contributed by atoms with E-state index in [-0.39, 0.29) is 12.3 Å². The van der Waals surface area contributed by atoms with Crippen molar-refractivity contribution in [2.45, 2.75) is 38.2 Å². The number of ether oxygens (including phenoxy) is 1. The standard InChI is InChI=1S/C16H19F2NO2/c1-12(21-13-5-3-2-4-6-13)14(20)19-9-7-15(8-10-19)11-16(15,17)18/h2-6,12H,7-11H2,1H3/t12-/m0/s1. The average molecular weight is 295 g/mol. The third-order valence-corrected chi connectivity index (χ3v) is 4.65. The lowest BCUT2D eigenvalue weighted by Crippen LogP contribution is -2.46. The van der Waals surface area contributed by atoms with Gasteiger partial charge in [-0.3, -0.25) is 4.79 Å². The van der Waals surface area contributed by atoms with Crippen LogP contribution < -0.4 is 4.74 Å². The molecule has 2 fully saturated rings. The zero-order valence-electron chi connectivity index (χ0n) is 12.0. The van der Waals surface area contributed by atoms with E-state index >= 15 is 0 Å². The van der Waals surface area contributed by atoms with Crippen LogP contribution in [0.5, 0.6) is 5.75 Å². The Balaban J connectivity index is 1.54. The SMILES string of the molecule is C[C@H](Oc1ccccc1)C(=O)N1CCC2(CC1)CC2(F)F. The molecule has 114 valence electrons. The zero-order chi connectivity index (χ0) is 15.1. The van der Waals surface area contributed by atoms with E-state index in [1.165, 1.54) is 0 Å². The molecule has 1 aromatic carbocycles. The van der Waals surface area contributed by atoms with Crippen molar-refractivity contribution in [3.8, 4) is 5.75 Å². The Kier molecular flexibility index (Phi) is 3.38. The molecule has 21 heavy (non-hydrogen) atoms. The fraction of sp³-hybridized carbons (Fsp3) is 0.562. The van der Waals surface area contributed by atoms with E-state index in [1.54, 1.807) is 24.0 Å². The molecule has 5 heteroatoms. The maximum Gasteiger partial charge on any atom is 0.263 e. The summed E-state index contributed by atoms with van der Waals surface area (Å²) in [5.41, 5.74) is -0.826. The molecule has 3 nitrogen and oxygen atoms in total. The Hall–Kier alpha value is -1.65.